The molecule has 3 heterocycles. The van der Waals surface area contributed by atoms with E-state index in [9.17, 15) is 4.79 Å². The first-order chi connectivity index (χ1) is 11.6. The molecule has 1 amide bonds. The first kappa shape index (κ1) is 15.9. The van der Waals surface area contributed by atoms with Crippen molar-refractivity contribution in [3.8, 4) is 0 Å². The van der Waals surface area contributed by atoms with Gasteiger partial charge in [-0.15, -0.1) is 0 Å². The second-order valence-corrected chi connectivity index (χ2v) is 7.13. The van der Waals surface area contributed by atoms with E-state index in [4.69, 9.17) is 20.8 Å². The highest BCUT2D eigenvalue weighted by Crippen LogP contribution is 2.27. The van der Waals surface area contributed by atoms with Gasteiger partial charge < -0.3 is 14.1 Å². The largest absolute Gasteiger partial charge is 0.451 e. The van der Waals surface area contributed by atoms with E-state index in [1.807, 2.05) is 11.0 Å². The summed E-state index contributed by atoms with van der Waals surface area (Å²) in [6.45, 7) is 7.17. The molecule has 6 heteroatoms. The van der Waals surface area contributed by atoms with E-state index in [0.29, 0.717) is 28.3 Å². The van der Waals surface area contributed by atoms with Crippen LogP contribution in [-0.2, 0) is 4.74 Å². The van der Waals surface area contributed by atoms with Crippen LogP contribution in [0.1, 0.15) is 17.5 Å². The van der Waals surface area contributed by atoms with E-state index in [1.54, 1.807) is 18.2 Å². The number of carbonyl (C=O) groups excluding carboxylic acids is 1. The molecule has 0 unspecified atom stereocenters. The number of furan rings is 1. The Labute approximate surface area is 146 Å². The molecule has 0 saturated carbocycles. The van der Waals surface area contributed by atoms with Gasteiger partial charge in [0.05, 0.1) is 13.2 Å². The molecule has 0 bridgehead atoms. The van der Waals surface area contributed by atoms with Gasteiger partial charge in [-0.05, 0) is 30.2 Å². The van der Waals surface area contributed by atoms with Gasteiger partial charge in [0.25, 0.3) is 5.91 Å². The van der Waals surface area contributed by atoms with Gasteiger partial charge in [-0.2, -0.15) is 0 Å². The van der Waals surface area contributed by atoms with Gasteiger partial charge in [0.15, 0.2) is 5.76 Å². The molecule has 2 aromatic rings. The van der Waals surface area contributed by atoms with Crippen molar-refractivity contribution in [1.29, 1.82) is 0 Å². The van der Waals surface area contributed by atoms with Crippen LogP contribution < -0.4 is 0 Å². The molecule has 1 aromatic heterocycles. The average molecular weight is 349 g/mol. The van der Waals surface area contributed by atoms with E-state index in [-0.39, 0.29) is 5.91 Å². The van der Waals surface area contributed by atoms with Crippen LogP contribution in [0.3, 0.4) is 0 Å². The molecule has 128 valence electrons. The molecule has 2 aliphatic rings. The number of ether oxygens (including phenoxy) is 1. The Kier molecular flexibility index (Phi) is 4.24. The van der Waals surface area contributed by atoms with Crippen molar-refractivity contribution in [2.75, 3.05) is 39.4 Å². The Hall–Kier alpha value is -1.56. The summed E-state index contributed by atoms with van der Waals surface area (Å²) in [7, 11) is 0. The Morgan fingerprint density at radius 1 is 1.21 bits per heavy atom. The van der Waals surface area contributed by atoms with E-state index in [1.165, 1.54) is 0 Å². The van der Waals surface area contributed by atoms with Crippen LogP contribution in [0, 0.1) is 5.92 Å². The number of amides is 1. The summed E-state index contributed by atoms with van der Waals surface area (Å²) >= 11 is 6.01. The lowest BCUT2D eigenvalue weighted by Gasteiger charge is -2.33. The zero-order valence-electron chi connectivity index (χ0n) is 13.7. The molecule has 24 heavy (non-hydrogen) atoms. The lowest BCUT2D eigenvalue weighted by molar-refractivity contribution is 0.0119. The quantitative estimate of drug-likeness (QED) is 0.837. The number of nitrogens with zero attached hydrogens (tertiary/aromatic N) is 2. The van der Waals surface area contributed by atoms with Gasteiger partial charge in [-0.25, -0.2) is 0 Å². The Balaban J connectivity index is 1.51. The topological polar surface area (TPSA) is 45.9 Å². The van der Waals surface area contributed by atoms with Gasteiger partial charge in [0.1, 0.15) is 5.58 Å². The minimum absolute atomic E-state index is 0.0371. The molecule has 4 rings (SSSR count). The molecule has 0 spiro atoms. The second-order valence-electron chi connectivity index (χ2n) is 6.70. The van der Waals surface area contributed by atoms with Crippen molar-refractivity contribution in [2.45, 2.75) is 13.0 Å². The highest BCUT2D eigenvalue weighted by molar-refractivity contribution is 6.31. The molecule has 5 nitrogen and oxygen atoms in total. The summed E-state index contributed by atoms with van der Waals surface area (Å²) in [4.78, 5) is 17.2. The van der Waals surface area contributed by atoms with Crippen LogP contribution in [0.15, 0.2) is 28.7 Å². The Morgan fingerprint density at radius 3 is 2.79 bits per heavy atom. The number of fused-ring (bicyclic) bond motifs is 1. The summed E-state index contributed by atoms with van der Waals surface area (Å²) in [6, 6.07) is 7.58. The highest BCUT2D eigenvalue weighted by Gasteiger charge is 2.37. The zero-order valence-corrected chi connectivity index (χ0v) is 14.5. The number of hydrogen-bond acceptors (Lipinski definition) is 4. The van der Waals surface area contributed by atoms with Gasteiger partial charge in [-0.1, -0.05) is 18.5 Å². The fraction of sp³-hybridized carbons (Fsp3) is 0.500. The number of benzene rings is 1. The minimum atomic E-state index is -0.0371. The smallest absolute Gasteiger partial charge is 0.289 e. The summed E-state index contributed by atoms with van der Waals surface area (Å²) in [6.07, 6.45) is 0. The first-order valence-electron chi connectivity index (χ1n) is 8.42. The van der Waals surface area contributed by atoms with Gasteiger partial charge in [0, 0.05) is 42.6 Å². The minimum Gasteiger partial charge on any atom is -0.451 e. The van der Waals surface area contributed by atoms with Crippen LogP contribution in [0.5, 0.6) is 0 Å². The van der Waals surface area contributed by atoms with E-state index in [2.05, 4.69) is 11.8 Å². The maximum Gasteiger partial charge on any atom is 0.289 e. The molecular formula is C18H21ClN2O3. The summed E-state index contributed by atoms with van der Waals surface area (Å²) in [5, 5.41) is 1.51. The predicted octanol–water partition coefficient (Wildman–Crippen LogP) is 2.88. The van der Waals surface area contributed by atoms with Crippen molar-refractivity contribution < 1.29 is 13.9 Å². The number of hydrogen-bond donors (Lipinski definition) is 0. The summed E-state index contributed by atoms with van der Waals surface area (Å²) < 4.78 is 11.2. The second kappa shape index (κ2) is 6.39. The number of rotatable bonds is 2. The molecule has 0 aliphatic carbocycles. The van der Waals surface area contributed by atoms with E-state index in [0.717, 1.165) is 44.8 Å². The summed E-state index contributed by atoms with van der Waals surface area (Å²) in [5.74, 6) is 0.804. The third kappa shape index (κ3) is 2.92. The number of morpholine rings is 1. The van der Waals surface area contributed by atoms with E-state index >= 15 is 0 Å². The molecule has 2 fully saturated rings. The van der Waals surface area contributed by atoms with Crippen molar-refractivity contribution in [3.63, 3.8) is 0 Å². The third-order valence-electron chi connectivity index (χ3n) is 5.06. The molecule has 2 aliphatic heterocycles. The summed E-state index contributed by atoms with van der Waals surface area (Å²) in [5.41, 5.74) is 0.694. The molecule has 2 saturated heterocycles. The van der Waals surface area contributed by atoms with Crippen molar-refractivity contribution in [2.24, 2.45) is 5.92 Å². The highest BCUT2D eigenvalue weighted by atomic mass is 35.5. The van der Waals surface area contributed by atoms with E-state index < -0.39 is 0 Å². The maximum absolute atomic E-state index is 12.8. The van der Waals surface area contributed by atoms with Crippen LogP contribution in [0.25, 0.3) is 11.0 Å². The molecule has 1 aromatic carbocycles. The van der Waals surface area contributed by atoms with Gasteiger partial charge >= 0.3 is 0 Å². The first-order valence-corrected chi connectivity index (χ1v) is 8.80. The average Bonchev–Trinajstić information content (AvgIpc) is 3.18. The normalized spacial score (nSPS) is 25.5. The lowest BCUT2D eigenvalue weighted by Crippen LogP contribution is -2.47. The third-order valence-corrected chi connectivity index (χ3v) is 5.30. The SMILES string of the molecule is C[C@@H]1CN(C(=O)c2cc3cc(Cl)ccc3o2)C[C@H]1N1CCOCC1. The molecular weight excluding hydrogens is 328 g/mol. The standard InChI is InChI=1S/C18H21ClN2O3/c1-12-10-21(11-15(12)20-4-6-23-7-5-20)18(22)17-9-13-8-14(19)2-3-16(13)24-17/h2-3,8-9,12,15H,4-7,10-11H2,1H3/t12-,15-/m1/s1. The number of halogens is 1. The molecule has 2 atom stereocenters. The zero-order chi connectivity index (χ0) is 16.7. The monoisotopic (exact) mass is 348 g/mol. The van der Waals surface area contributed by atoms with Gasteiger partial charge in [-0.3, -0.25) is 9.69 Å². The Morgan fingerprint density at radius 2 is 2.00 bits per heavy atom. The van der Waals surface area contributed by atoms with Crippen LogP contribution in [-0.4, -0.2) is 61.1 Å². The van der Waals surface area contributed by atoms with Gasteiger partial charge in [0.2, 0.25) is 0 Å². The maximum atomic E-state index is 12.8. The fourth-order valence-electron chi connectivity index (χ4n) is 3.78. The Bertz CT molecular complexity index is 754. The van der Waals surface area contributed by atoms with Crippen LogP contribution in [0.4, 0.5) is 0 Å². The van der Waals surface area contributed by atoms with Crippen molar-refractivity contribution >= 4 is 28.5 Å². The number of likely N-dealkylation sites (tertiary alicyclic amines) is 1. The fourth-order valence-corrected chi connectivity index (χ4v) is 3.96. The van der Waals surface area contributed by atoms with Crippen molar-refractivity contribution in [1.82, 2.24) is 9.80 Å². The van der Waals surface area contributed by atoms with Crippen LogP contribution >= 0.6 is 11.6 Å². The van der Waals surface area contributed by atoms with Crippen molar-refractivity contribution in [3.05, 3.63) is 35.0 Å². The number of carbonyl (C=O) groups is 1. The predicted molar refractivity (Wildman–Crippen MR) is 92.5 cm³/mol. The van der Waals surface area contributed by atoms with Crippen LogP contribution in [0.2, 0.25) is 5.02 Å². The molecule has 0 N–H and O–H groups in total. The molecule has 0 radical (unpaired) electrons. The lowest BCUT2D eigenvalue weighted by atomic mass is 10.0.